The Morgan fingerprint density at radius 2 is 2.35 bits per heavy atom. The highest BCUT2D eigenvalue weighted by Crippen LogP contribution is 2.22. The maximum atomic E-state index is 9.53. The number of hydrogen-bond acceptors (Lipinski definition) is 5. The maximum Gasteiger partial charge on any atom is 0.162 e. The predicted molar refractivity (Wildman–Crippen MR) is 68.2 cm³/mol. The van der Waals surface area contributed by atoms with Gasteiger partial charge in [0.25, 0.3) is 0 Å². The summed E-state index contributed by atoms with van der Waals surface area (Å²) in [4.78, 5) is 10.9. The van der Waals surface area contributed by atoms with Crippen LogP contribution in [0.1, 0.15) is 6.42 Å². The zero-order valence-corrected chi connectivity index (χ0v) is 10.1. The second-order valence-corrected chi connectivity index (χ2v) is 4.92. The summed E-state index contributed by atoms with van der Waals surface area (Å²) >= 11 is 1.64. The summed E-state index contributed by atoms with van der Waals surface area (Å²) in [6.45, 7) is 1.53. The fraction of sp³-hybridized carbons (Fsp3) is 0.333. The van der Waals surface area contributed by atoms with Crippen LogP contribution in [0.25, 0.3) is 11.4 Å². The molecule has 5 heteroatoms. The van der Waals surface area contributed by atoms with Gasteiger partial charge in [-0.1, -0.05) is 0 Å². The molecule has 3 rings (SSSR count). The van der Waals surface area contributed by atoms with E-state index in [1.54, 1.807) is 17.5 Å². The standard InChI is InChI=1S/C12H13N3OS/c16-10-2-5-15(7-10)11-1-4-13-12(14-11)9-3-6-17-8-9/h1,3-4,6,8,10,16H,2,5,7H2. The lowest BCUT2D eigenvalue weighted by atomic mass is 10.3. The van der Waals surface area contributed by atoms with Crippen LogP contribution in [0.15, 0.2) is 29.1 Å². The van der Waals surface area contributed by atoms with Gasteiger partial charge in [-0.2, -0.15) is 11.3 Å². The molecule has 1 fully saturated rings. The molecule has 1 N–H and O–H groups in total. The zero-order chi connectivity index (χ0) is 11.7. The van der Waals surface area contributed by atoms with E-state index in [4.69, 9.17) is 0 Å². The third-order valence-corrected chi connectivity index (χ3v) is 3.59. The quantitative estimate of drug-likeness (QED) is 0.878. The van der Waals surface area contributed by atoms with E-state index in [1.807, 2.05) is 22.9 Å². The van der Waals surface area contributed by atoms with E-state index in [2.05, 4.69) is 14.9 Å². The predicted octanol–water partition coefficient (Wildman–Crippen LogP) is 1.78. The normalized spacial score (nSPS) is 19.8. The van der Waals surface area contributed by atoms with Crippen molar-refractivity contribution in [2.45, 2.75) is 12.5 Å². The number of thiophene rings is 1. The van der Waals surface area contributed by atoms with Crippen molar-refractivity contribution in [3.8, 4) is 11.4 Å². The molecule has 0 aliphatic carbocycles. The minimum atomic E-state index is -0.227. The van der Waals surface area contributed by atoms with Crippen LogP contribution in [0.4, 0.5) is 5.82 Å². The highest BCUT2D eigenvalue weighted by molar-refractivity contribution is 7.08. The Hall–Kier alpha value is -1.46. The first-order chi connectivity index (χ1) is 8.33. The summed E-state index contributed by atoms with van der Waals surface area (Å²) in [7, 11) is 0. The van der Waals surface area contributed by atoms with Gasteiger partial charge in [-0.3, -0.25) is 0 Å². The third-order valence-electron chi connectivity index (χ3n) is 2.91. The molecular weight excluding hydrogens is 234 g/mol. The molecule has 0 bridgehead atoms. The van der Waals surface area contributed by atoms with Crippen molar-refractivity contribution >= 4 is 17.2 Å². The van der Waals surface area contributed by atoms with Gasteiger partial charge in [0, 0.05) is 30.2 Å². The van der Waals surface area contributed by atoms with Crippen molar-refractivity contribution in [3.63, 3.8) is 0 Å². The van der Waals surface area contributed by atoms with Gasteiger partial charge < -0.3 is 10.0 Å². The third kappa shape index (κ3) is 2.16. The Labute approximate surface area is 104 Å². The summed E-state index contributed by atoms with van der Waals surface area (Å²) in [6, 6.07) is 3.91. The van der Waals surface area contributed by atoms with Crippen molar-refractivity contribution in [2.75, 3.05) is 18.0 Å². The minimum Gasteiger partial charge on any atom is -0.391 e. The van der Waals surface area contributed by atoms with E-state index >= 15 is 0 Å². The SMILES string of the molecule is OC1CCN(c2ccnc(-c3ccsc3)n2)C1. The molecule has 2 aromatic heterocycles. The molecule has 1 aliphatic rings. The molecule has 2 aromatic rings. The molecule has 4 nitrogen and oxygen atoms in total. The van der Waals surface area contributed by atoms with Crippen molar-refractivity contribution in [1.29, 1.82) is 0 Å². The number of aromatic nitrogens is 2. The van der Waals surface area contributed by atoms with Gasteiger partial charge in [-0.25, -0.2) is 9.97 Å². The van der Waals surface area contributed by atoms with Crippen LogP contribution in [-0.2, 0) is 0 Å². The molecule has 1 atom stereocenters. The number of hydrogen-bond donors (Lipinski definition) is 1. The summed E-state index contributed by atoms with van der Waals surface area (Å²) < 4.78 is 0. The van der Waals surface area contributed by atoms with Gasteiger partial charge in [-0.05, 0) is 23.9 Å². The molecule has 0 spiro atoms. The number of aliphatic hydroxyl groups excluding tert-OH is 1. The first-order valence-electron chi connectivity index (χ1n) is 5.61. The van der Waals surface area contributed by atoms with Crippen molar-refractivity contribution in [3.05, 3.63) is 29.1 Å². The molecule has 1 saturated heterocycles. The number of β-amino-alcohol motifs (C(OH)–C–C–N with tert-alkyl or cyclic N) is 1. The number of nitrogens with zero attached hydrogens (tertiary/aromatic N) is 3. The van der Waals surface area contributed by atoms with Crippen LogP contribution in [0.2, 0.25) is 0 Å². The van der Waals surface area contributed by atoms with Gasteiger partial charge in [0.05, 0.1) is 6.10 Å². The van der Waals surface area contributed by atoms with Gasteiger partial charge in [0.1, 0.15) is 5.82 Å². The van der Waals surface area contributed by atoms with Gasteiger partial charge in [-0.15, -0.1) is 0 Å². The molecule has 17 heavy (non-hydrogen) atoms. The number of anilines is 1. The molecular formula is C12H13N3OS. The van der Waals surface area contributed by atoms with E-state index in [9.17, 15) is 5.11 Å². The first kappa shape index (κ1) is 10.7. The molecule has 0 radical (unpaired) electrons. The summed E-state index contributed by atoms with van der Waals surface area (Å²) in [6.07, 6.45) is 2.37. The molecule has 3 heterocycles. The van der Waals surface area contributed by atoms with Crippen LogP contribution in [0, 0.1) is 0 Å². The molecule has 88 valence electrons. The summed E-state index contributed by atoms with van der Waals surface area (Å²) in [5.41, 5.74) is 1.05. The largest absolute Gasteiger partial charge is 0.391 e. The van der Waals surface area contributed by atoms with Crippen LogP contribution in [0.5, 0.6) is 0 Å². The zero-order valence-electron chi connectivity index (χ0n) is 9.28. The second-order valence-electron chi connectivity index (χ2n) is 4.14. The topological polar surface area (TPSA) is 49.2 Å². The summed E-state index contributed by atoms with van der Waals surface area (Å²) in [5, 5.41) is 13.6. The lowest BCUT2D eigenvalue weighted by Gasteiger charge is -2.16. The fourth-order valence-electron chi connectivity index (χ4n) is 2.01. The highest BCUT2D eigenvalue weighted by atomic mass is 32.1. The van der Waals surface area contributed by atoms with E-state index in [1.165, 1.54) is 0 Å². The van der Waals surface area contributed by atoms with Crippen molar-refractivity contribution in [1.82, 2.24) is 9.97 Å². The Bertz CT molecular complexity index is 500. The smallest absolute Gasteiger partial charge is 0.162 e. The molecule has 1 aliphatic heterocycles. The number of rotatable bonds is 2. The van der Waals surface area contributed by atoms with Crippen LogP contribution >= 0.6 is 11.3 Å². The molecule has 1 unspecified atom stereocenters. The lowest BCUT2D eigenvalue weighted by molar-refractivity contribution is 0.198. The molecule has 0 aromatic carbocycles. The van der Waals surface area contributed by atoms with Crippen LogP contribution in [0.3, 0.4) is 0 Å². The molecule has 0 amide bonds. The minimum absolute atomic E-state index is 0.227. The van der Waals surface area contributed by atoms with E-state index in [0.29, 0.717) is 6.54 Å². The Balaban J connectivity index is 1.89. The summed E-state index contributed by atoms with van der Waals surface area (Å²) in [5.74, 6) is 1.66. The maximum absolute atomic E-state index is 9.53. The average molecular weight is 247 g/mol. The Kier molecular flexibility index (Phi) is 2.78. The second kappa shape index (κ2) is 4.43. The van der Waals surface area contributed by atoms with E-state index in [-0.39, 0.29) is 6.10 Å². The van der Waals surface area contributed by atoms with E-state index < -0.39 is 0 Å². The average Bonchev–Trinajstić information content (AvgIpc) is 3.00. The Morgan fingerprint density at radius 1 is 1.41 bits per heavy atom. The van der Waals surface area contributed by atoms with Gasteiger partial charge >= 0.3 is 0 Å². The Morgan fingerprint density at radius 3 is 3.06 bits per heavy atom. The first-order valence-corrected chi connectivity index (χ1v) is 6.56. The van der Waals surface area contributed by atoms with E-state index in [0.717, 1.165) is 30.2 Å². The molecule has 0 saturated carbocycles. The van der Waals surface area contributed by atoms with Gasteiger partial charge in [0.15, 0.2) is 5.82 Å². The lowest BCUT2D eigenvalue weighted by Crippen LogP contribution is -2.22. The van der Waals surface area contributed by atoms with Crippen molar-refractivity contribution in [2.24, 2.45) is 0 Å². The van der Waals surface area contributed by atoms with Crippen LogP contribution in [-0.4, -0.2) is 34.3 Å². The van der Waals surface area contributed by atoms with Crippen LogP contribution < -0.4 is 4.90 Å². The highest BCUT2D eigenvalue weighted by Gasteiger charge is 2.21. The van der Waals surface area contributed by atoms with Gasteiger partial charge in [0.2, 0.25) is 0 Å². The fourth-order valence-corrected chi connectivity index (χ4v) is 2.64. The number of aliphatic hydroxyl groups is 1. The monoisotopic (exact) mass is 247 g/mol. The van der Waals surface area contributed by atoms with Crippen molar-refractivity contribution < 1.29 is 5.11 Å².